The average molecular weight is 700 g/mol. The maximum Gasteiger partial charge on any atom is 0.442 e. The monoisotopic (exact) mass is 699 g/mol. The quantitative estimate of drug-likeness (QED) is 0.119. The average Bonchev–Trinajstić information content (AvgIpc) is 2.98. The molecule has 0 aliphatic carbocycles. The molecule has 0 aliphatic rings. The predicted octanol–water partition coefficient (Wildman–Crippen LogP) is 9.27. The third-order valence-corrected chi connectivity index (χ3v) is 9.05. The Morgan fingerprint density at radius 3 is 1.32 bits per heavy atom. The summed E-state index contributed by atoms with van der Waals surface area (Å²) >= 11 is 0. The maximum absolute atomic E-state index is 14.4. The standard InChI is InChI=1S/C31H19F12O3S/c32-28(33,34)26(45,29(35,36)37)20-14-16-21(17-15-20)27(30(38,39)40,31(41,42)43)46-25(44)19-8-7-13-24(18-19)47(22-9-3-1-4-10-22)23-11-5-2-6-12-23/h1-18,45H/q+1. The van der Waals surface area contributed by atoms with Gasteiger partial charge in [-0.05, 0) is 36.4 Å². The zero-order chi connectivity index (χ0) is 35.1. The lowest BCUT2D eigenvalue weighted by Crippen LogP contribution is -2.57. The van der Waals surface area contributed by atoms with Gasteiger partial charge in [0.15, 0.2) is 14.7 Å². The topological polar surface area (TPSA) is 46.5 Å². The smallest absolute Gasteiger partial charge is 0.431 e. The zero-order valence-electron chi connectivity index (χ0n) is 23.1. The first-order valence-corrected chi connectivity index (χ1v) is 14.2. The lowest BCUT2D eigenvalue weighted by atomic mass is 9.87. The lowest BCUT2D eigenvalue weighted by Gasteiger charge is -2.37. The van der Waals surface area contributed by atoms with E-state index in [1.54, 1.807) is 60.7 Å². The Balaban J connectivity index is 1.82. The first kappa shape index (κ1) is 35.7. The zero-order valence-corrected chi connectivity index (χ0v) is 23.9. The highest BCUT2D eigenvalue weighted by Crippen LogP contribution is 2.55. The molecule has 3 nitrogen and oxygen atoms in total. The molecule has 1 N–H and O–H groups in total. The predicted molar refractivity (Wildman–Crippen MR) is 143 cm³/mol. The van der Waals surface area contributed by atoms with E-state index in [1.807, 2.05) is 0 Å². The van der Waals surface area contributed by atoms with E-state index in [9.17, 15) is 62.6 Å². The van der Waals surface area contributed by atoms with E-state index < -0.39 is 81.6 Å². The minimum atomic E-state index is -6.54. The number of benzene rings is 4. The molecule has 4 aromatic carbocycles. The molecular weight excluding hydrogens is 680 g/mol. The fourth-order valence-corrected chi connectivity index (χ4v) is 6.70. The summed E-state index contributed by atoms with van der Waals surface area (Å²) in [7, 11) is -1.02. The Labute approximate surface area is 260 Å². The van der Waals surface area contributed by atoms with Crippen LogP contribution in [0.5, 0.6) is 0 Å². The van der Waals surface area contributed by atoms with Gasteiger partial charge in [-0.15, -0.1) is 0 Å². The summed E-state index contributed by atoms with van der Waals surface area (Å²) in [5.41, 5.74) is -16.2. The highest BCUT2D eigenvalue weighted by molar-refractivity contribution is 7.97. The van der Waals surface area contributed by atoms with Crippen molar-refractivity contribution in [2.45, 2.75) is 50.6 Å². The van der Waals surface area contributed by atoms with Crippen molar-refractivity contribution in [2.75, 3.05) is 0 Å². The van der Waals surface area contributed by atoms with Crippen LogP contribution < -0.4 is 0 Å². The third-order valence-electron chi connectivity index (χ3n) is 6.84. The normalized spacial score (nSPS) is 13.5. The molecule has 0 aliphatic heterocycles. The number of ether oxygens (including phenoxy) is 1. The van der Waals surface area contributed by atoms with Gasteiger partial charge in [-0.2, -0.15) is 52.7 Å². The van der Waals surface area contributed by atoms with Crippen molar-refractivity contribution in [1.29, 1.82) is 0 Å². The Kier molecular flexibility index (Phi) is 9.45. The van der Waals surface area contributed by atoms with Crippen molar-refractivity contribution < 1.29 is 67.3 Å². The molecule has 0 saturated heterocycles. The van der Waals surface area contributed by atoms with Gasteiger partial charge in [0.25, 0.3) is 5.60 Å². The van der Waals surface area contributed by atoms with Gasteiger partial charge in [-0.25, -0.2) is 4.79 Å². The summed E-state index contributed by atoms with van der Waals surface area (Å²) in [5, 5.41) is 9.52. The van der Waals surface area contributed by atoms with Crippen LogP contribution in [0.25, 0.3) is 0 Å². The minimum absolute atomic E-state index is 0.282. The summed E-state index contributed by atoms with van der Waals surface area (Å²) in [6.07, 6.45) is -26.0. The van der Waals surface area contributed by atoms with E-state index in [0.29, 0.717) is 9.79 Å². The molecule has 0 aromatic heterocycles. The van der Waals surface area contributed by atoms with Crippen LogP contribution in [0.3, 0.4) is 0 Å². The van der Waals surface area contributed by atoms with Crippen molar-refractivity contribution in [3.63, 3.8) is 0 Å². The van der Waals surface area contributed by atoms with Crippen molar-refractivity contribution in [3.8, 4) is 0 Å². The van der Waals surface area contributed by atoms with E-state index >= 15 is 0 Å². The molecule has 0 amide bonds. The van der Waals surface area contributed by atoms with Crippen LogP contribution in [0.4, 0.5) is 52.7 Å². The molecule has 0 spiro atoms. The number of hydrogen-bond donors (Lipinski definition) is 1. The van der Waals surface area contributed by atoms with Gasteiger partial charge in [0.1, 0.15) is 0 Å². The van der Waals surface area contributed by atoms with Crippen LogP contribution in [0, 0.1) is 0 Å². The largest absolute Gasteiger partial charge is 0.442 e. The first-order valence-electron chi connectivity index (χ1n) is 12.9. The fourth-order valence-electron chi connectivity index (χ4n) is 4.57. The number of esters is 1. The molecule has 250 valence electrons. The van der Waals surface area contributed by atoms with Crippen LogP contribution in [0.1, 0.15) is 21.5 Å². The Morgan fingerprint density at radius 1 is 0.511 bits per heavy atom. The second-order valence-electron chi connectivity index (χ2n) is 9.81. The second-order valence-corrected chi connectivity index (χ2v) is 11.8. The second kappa shape index (κ2) is 12.4. The lowest BCUT2D eigenvalue weighted by molar-refractivity contribution is -0.377. The Bertz CT molecular complexity index is 1610. The molecule has 0 fully saturated rings. The van der Waals surface area contributed by atoms with Crippen LogP contribution >= 0.6 is 0 Å². The van der Waals surface area contributed by atoms with Gasteiger partial charge in [-0.1, -0.05) is 66.7 Å². The van der Waals surface area contributed by atoms with Crippen LogP contribution in [-0.2, 0) is 26.8 Å². The van der Waals surface area contributed by atoms with E-state index in [-0.39, 0.29) is 17.0 Å². The number of alkyl halides is 12. The summed E-state index contributed by atoms with van der Waals surface area (Å²) < 4.78 is 170. The molecule has 47 heavy (non-hydrogen) atoms. The molecule has 0 unspecified atom stereocenters. The van der Waals surface area contributed by atoms with Gasteiger partial charge in [-0.3, -0.25) is 0 Å². The van der Waals surface area contributed by atoms with Gasteiger partial charge < -0.3 is 9.84 Å². The molecule has 4 rings (SSSR count). The van der Waals surface area contributed by atoms with Crippen molar-refractivity contribution in [3.05, 3.63) is 126 Å². The molecular formula is C31H19F12O3S+. The van der Waals surface area contributed by atoms with Crippen LogP contribution in [-0.4, -0.2) is 35.8 Å². The first-order chi connectivity index (χ1) is 21.6. The highest BCUT2D eigenvalue weighted by Gasteiger charge is 2.76. The SMILES string of the molecule is O=C(OC(c1ccc(C(O)(C(F)(F)F)C(F)(F)F)cc1)(C(F)(F)F)C(F)(F)F)c1cccc([S+](c2ccccc2)c2ccccc2)c1. The minimum Gasteiger partial charge on any atom is -0.431 e. The van der Waals surface area contributed by atoms with Crippen molar-refractivity contribution in [2.24, 2.45) is 0 Å². The van der Waals surface area contributed by atoms with Gasteiger partial charge in [0.2, 0.25) is 0 Å². The molecule has 0 saturated carbocycles. The number of rotatable bonds is 7. The van der Waals surface area contributed by atoms with Crippen LogP contribution in [0.2, 0.25) is 0 Å². The Morgan fingerprint density at radius 2 is 0.915 bits per heavy atom. The van der Waals surface area contributed by atoms with E-state index in [4.69, 9.17) is 0 Å². The molecule has 0 heterocycles. The van der Waals surface area contributed by atoms with E-state index in [2.05, 4.69) is 4.74 Å². The van der Waals surface area contributed by atoms with E-state index in [1.165, 1.54) is 12.1 Å². The summed E-state index contributed by atoms with van der Waals surface area (Å²) in [4.78, 5) is 14.7. The number of carbonyl (C=O) groups excluding carboxylic acids is 1. The van der Waals surface area contributed by atoms with Crippen molar-refractivity contribution >= 4 is 16.9 Å². The number of carbonyl (C=O) groups is 1. The highest BCUT2D eigenvalue weighted by atomic mass is 32.2. The summed E-state index contributed by atoms with van der Waals surface area (Å²) in [5.74, 6) is -2.16. The number of hydrogen-bond acceptors (Lipinski definition) is 3. The van der Waals surface area contributed by atoms with Gasteiger partial charge in [0.05, 0.1) is 16.5 Å². The summed E-state index contributed by atoms with van der Waals surface area (Å²) in [6.45, 7) is 0. The third kappa shape index (κ3) is 6.52. The molecule has 0 bridgehead atoms. The molecule has 0 atom stereocenters. The summed E-state index contributed by atoms with van der Waals surface area (Å²) in [6, 6.07) is 19.9. The van der Waals surface area contributed by atoms with Crippen molar-refractivity contribution in [1.82, 2.24) is 0 Å². The van der Waals surface area contributed by atoms with E-state index in [0.717, 1.165) is 12.1 Å². The van der Waals surface area contributed by atoms with Gasteiger partial charge >= 0.3 is 36.3 Å². The van der Waals surface area contributed by atoms with Crippen LogP contribution in [0.15, 0.2) is 124 Å². The number of aliphatic hydroxyl groups is 1. The Hall–Kier alpha value is -4.18. The molecule has 0 radical (unpaired) electrons. The maximum atomic E-state index is 14.4. The fraction of sp³-hybridized carbons (Fsp3) is 0.194. The molecule has 4 aromatic rings. The number of halogens is 12. The molecule has 16 heteroatoms. The van der Waals surface area contributed by atoms with Gasteiger partial charge in [0, 0.05) is 17.2 Å².